The van der Waals surface area contributed by atoms with E-state index in [4.69, 9.17) is 0 Å². The van der Waals surface area contributed by atoms with Gasteiger partial charge in [0.1, 0.15) is 5.75 Å². The molecule has 0 aromatic rings. The zero-order valence-corrected chi connectivity index (χ0v) is 6.06. The van der Waals surface area contributed by atoms with Crippen molar-refractivity contribution in [2.75, 3.05) is 0 Å². The fraction of sp³-hybridized carbons (Fsp3) is 0. The maximum atomic E-state index is 9.22. The van der Waals surface area contributed by atoms with Crippen LogP contribution < -0.4 is 0 Å². The summed E-state index contributed by atoms with van der Waals surface area (Å²) in [5.74, 6) is 0.381. The number of fused-ring (bicyclic) bond motifs is 1. The van der Waals surface area contributed by atoms with Crippen molar-refractivity contribution in [2.45, 2.75) is 0 Å². The molecule has 1 aliphatic heterocycles. The van der Waals surface area contributed by atoms with E-state index in [-0.39, 0.29) is 0 Å². The molecule has 2 heteroatoms. The first-order valence-electron chi connectivity index (χ1n) is 3.03. The van der Waals surface area contributed by atoms with Gasteiger partial charge in [0.15, 0.2) is 0 Å². The number of aromatic hydroxyl groups is 1. The Balaban J connectivity index is 2.78. The predicted molar refractivity (Wildman–Crippen MR) is 42.6 cm³/mol. The van der Waals surface area contributed by atoms with Gasteiger partial charge >= 0.3 is 0 Å². The molecule has 1 N–H and O–H groups in total. The first-order valence-corrected chi connectivity index (χ1v) is 3.91. The summed E-state index contributed by atoms with van der Waals surface area (Å²) in [6, 6.07) is 7.50. The lowest BCUT2D eigenvalue weighted by Crippen LogP contribution is -1.65. The smallest absolute Gasteiger partial charge is 0.124 e. The van der Waals surface area contributed by atoms with Crippen LogP contribution in [0.3, 0.4) is 0 Å². The first kappa shape index (κ1) is 5.74. The molecule has 0 unspecified atom stereocenters. The Bertz CT molecular complexity index is 313. The molecule has 10 heavy (non-hydrogen) atoms. The lowest BCUT2D eigenvalue weighted by molar-refractivity contribution is 0.479. The average Bonchev–Trinajstić information content (AvgIpc) is 2.34. The SMILES string of the molecule is Oc1ccc2scccc1-2. The molecule has 0 saturated heterocycles. The summed E-state index contributed by atoms with van der Waals surface area (Å²) in [5.41, 5.74) is 0.951. The van der Waals surface area contributed by atoms with E-state index in [1.165, 1.54) is 0 Å². The van der Waals surface area contributed by atoms with Gasteiger partial charge in [0, 0.05) is 10.4 Å². The van der Waals surface area contributed by atoms with Crippen LogP contribution in [-0.2, 0) is 0 Å². The Hall–Kier alpha value is -1.02. The Labute approximate surface area is 62.9 Å². The summed E-state index contributed by atoms with van der Waals surface area (Å²) in [5, 5.41) is 11.2. The van der Waals surface area contributed by atoms with Crippen molar-refractivity contribution in [1.29, 1.82) is 0 Å². The Morgan fingerprint density at radius 1 is 1.20 bits per heavy atom. The molecule has 0 bridgehead atoms. The molecule has 0 fully saturated rings. The molecular formula is C8H6OS. The lowest BCUT2D eigenvalue weighted by Gasteiger charge is -1.94. The lowest BCUT2D eigenvalue weighted by atomic mass is 10.3. The highest BCUT2D eigenvalue weighted by Crippen LogP contribution is 2.35. The largest absolute Gasteiger partial charge is 0.507 e. The second-order valence-corrected chi connectivity index (χ2v) is 3.06. The summed E-state index contributed by atoms with van der Waals surface area (Å²) in [4.78, 5) is 1.14. The van der Waals surface area contributed by atoms with Gasteiger partial charge in [0.25, 0.3) is 0 Å². The minimum absolute atomic E-state index is 0.381. The van der Waals surface area contributed by atoms with Crippen LogP contribution in [0.15, 0.2) is 29.6 Å². The van der Waals surface area contributed by atoms with Crippen molar-refractivity contribution in [3.63, 3.8) is 0 Å². The zero-order valence-electron chi connectivity index (χ0n) is 5.24. The van der Waals surface area contributed by atoms with Crippen LogP contribution in [0, 0.1) is 0 Å². The van der Waals surface area contributed by atoms with Gasteiger partial charge in [-0.2, -0.15) is 0 Å². The number of hydrogen-bond acceptors (Lipinski definition) is 2. The maximum absolute atomic E-state index is 9.22. The average molecular weight is 150 g/mol. The van der Waals surface area contributed by atoms with Gasteiger partial charge in [-0.1, -0.05) is 6.07 Å². The van der Waals surface area contributed by atoms with E-state index in [2.05, 4.69) is 0 Å². The standard InChI is InChI=1S/C8H6OS/c9-7-3-4-8-6(7)2-1-5-10-8/h1-5,9H. The minimum Gasteiger partial charge on any atom is -0.507 e. The van der Waals surface area contributed by atoms with Crippen molar-refractivity contribution in [3.8, 4) is 16.2 Å². The van der Waals surface area contributed by atoms with E-state index >= 15 is 0 Å². The van der Waals surface area contributed by atoms with Crippen LogP contribution in [0.4, 0.5) is 0 Å². The highest BCUT2D eigenvalue weighted by molar-refractivity contribution is 7.13. The normalized spacial score (nSPS) is 10.4. The van der Waals surface area contributed by atoms with E-state index in [0.29, 0.717) is 5.75 Å². The maximum Gasteiger partial charge on any atom is 0.124 e. The molecule has 0 radical (unpaired) electrons. The van der Waals surface area contributed by atoms with Gasteiger partial charge in [-0.05, 0) is 23.6 Å². The molecule has 1 nitrogen and oxygen atoms in total. The van der Waals surface area contributed by atoms with Crippen LogP contribution in [-0.4, -0.2) is 5.11 Å². The third kappa shape index (κ3) is 0.693. The van der Waals surface area contributed by atoms with Crippen LogP contribution in [0.5, 0.6) is 5.75 Å². The Morgan fingerprint density at radius 2 is 2.10 bits per heavy atom. The van der Waals surface area contributed by atoms with Crippen molar-refractivity contribution in [2.24, 2.45) is 0 Å². The molecule has 1 aliphatic carbocycles. The topological polar surface area (TPSA) is 20.2 Å². The molecule has 0 aromatic carbocycles. The molecule has 0 spiro atoms. The first-order chi connectivity index (χ1) is 4.88. The summed E-state index contributed by atoms with van der Waals surface area (Å²) in [6.07, 6.45) is 0. The van der Waals surface area contributed by atoms with E-state index in [1.54, 1.807) is 17.4 Å². The fourth-order valence-electron chi connectivity index (χ4n) is 0.979. The van der Waals surface area contributed by atoms with E-state index in [0.717, 1.165) is 10.4 Å². The van der Waals surface area contributed by atoms with Crippen LogP contribution in [0.25, 0.3) is 10.4 Å². The molecule has 0 atom stereocenters. The zero-order chi connectivity index (χ0) is 6.97. The summed E-state index contributed by atoms with van der Waals surface area (Å²) >= 11 is 1.64. The van der Waals surface area contributed by atoms with Gasteiger partial charge < -0.3 is 5.11 Å². The second-order valence-electron chi connectivity index (χ2n) is 2.11. The van der Waals surface area contributed by atoms with E-state index < -0.39 is 0 Å². The third-order valence-corrected chi connectivity index (χ3v) is 2.37. The van der Waals surface area contributed by atoms with Crippen LogP contribution >= 0.6 is 11.3 Å². The molecule has 50 valence electrons. The Kier molecular flexibility index (Phi) is 1.14. The van der Waals surface area contributed by atoms with Gasteiger partial charge in [-0.3, -0.25) is 0 Å². The Morgan fingerprint density at radius 3 is 2.90 bits per heavy atom. The fourth-order valence-corrected chi connectivity index (χ4v) is 1.73. The summed E-state index contributed by atoms with van der Waals surface area (Å²) in [7, 11) is 0. The van der Waals surface area contributed by atoms with Gasteiger partial charge in [-0.25, -0.2) is 0 Å². The van der Waals surface area contributed by atoms with Crippen LogP contribution in [0.2, 0.25) is 0 Å². The summed E-state index contributed by atoms with van der Waals surface area (Å²) in [6.45, 7) is 0. The quantitative estimate of drug-likeness (QED) is 0.612. The van der Waals surface area contributed by atoms with E-state index in [9.17, 15) is 5.11 Å². The van der Waals surface area contributed by atoms with Crippen molar-refractivity contribution < 1.29 is 5.11 Å². The van der Waals surface area contributed by atoms with Gasteiger partial charge in [0.05, 0.1) is 0 Å². The van der Waals surface area contributed by atoms with Crippen molar-refractivity contribution >= 4 is 11.3 Å². The van der Waals surface area contributed by atoms with Crippen LogP contribution in [0.1, 0.15) is 0 Å². The molecule has 1 heterocycles. The van der Waals surface area contributed by atoms with Gasteiger partial charge in [-0.15, -0.1) is 11.3 Å². The van der Waals surface area contributed by atoms with Gasteiger partial charge in [0.2, 0.25) is 0 Å². The molecule has 2 aliphatic rings. The monoisotopic (exact) mass is 150 g/mol. The van der Waals surface area contributed by atoms with E-state index in [1.807, 2.05) is 23.6 Å². The summed E-state index contributed by atoms with van der Waals surface area (Å²) < 4.78 is 0. The number of hydrogen-bond donors (Lipinski definition) is 1. The van der Waals surface area contributed by atoms with Crippen molar-refractivity contribution in [1.82, 2.24) is 0 Å². The van der Waals surface area contributed by atoms with Crippen molar-refractivity contribution in [3.05, 3.63) is 29.6 Å². The second kappa shape index (κ2) is 1.99. The minimum atomic E-state index is 0.381. The predicted octanol–water partition coefficient (Wildman–Crippen LogP) is 2.56. The highest BCUT2D eigenvalue weighted by Gasteiger charge is 2.05. The molecule has 0 saturated carbocycles. The third-order valence-electron chi connectivity index (χ3n) is 1.47. The molecule has 0 amide bonds. The highest BCUT2D eigenvalue weighted by atomic mass is 32.1. The molecule has 0 aromatic heterocycles. The number of rotatable bonds is 0. The molecule has 2 rings (SSSR count). The molecular weight excluding hydrogens is 144 g/mol.